The molecule has 3 aromatic carbocycles. The van der Waals surface area contributed by atoms with Gasteiger partial charge in [0.15, 0.2) is 0 Å². The van der Waals surface area contributed by atoms with Gasteiger partial charge in [-0.2, -0.15) is 0 Å². The summed E-state index contributed by atoms with van der Waals surface area (Å²) in [7, 11) is -2.01. The minimum atomic E-state index is -3.62. The smallest absolute Gasteiger partial charge is 0.241 e. The van der Waals surface area contributed by atoms with Gasteiger partial charge < -0.3 is 4.74 Å². The highest BCUT2D eigenvalue weighted by Crippen LogP contribution is 2.25. The predicted octanol–water partition coefficient (Wildman–Crippen LogP) is 4.50. The van der Waals surface area contributed by atoms with Gasteiger partial charge in [0.05, 0.1) is 12.0 Å². The minimum Gasteiger partial charge on any atom is -0.497 e. The summed E-state index contributed by atoms with van der Waals surface area (Å²) in [4.78, 5) is 0.256. The molecule has 0 aliphatic carbocycles. The molecule has 1 atom stereocenters. The Hall–Kier alpha value is -2.37. The number of hydrogen-bond acceptors (Lipinski definition) is 3. The third kappa shape index (κ3) is 3.74. The fraction of sp³-hybridized carbons (Fsp3) is 0.238. The summed E-state index contributed by atoms with van der Waals surface area (Å²) in [6.45, 7) is 5.88. The van der Waals surface area contributed by atoms with Crippen LogP contribution in [0.2, 0.25) is 0 Å². The molecule has 0 heterocycles. The lowest BCUT2D eigenvalue weighted by atomic mass is 10.0. The lowest BCUT2D eigenvalue weighted by Gasteiger charge is -2.17. The summed E-state index contributed by atoms with van der Waals surface area (Å²) in [5.41, 5.74) is 3.21. The molecular weight excluding hydrogens is 346 g/mol. The summed E-state index contributed by atoms with van der Waals surface area (Å²) < 4.78 is 33.6. The monoisotopic (exact) mass is 369 g/mol. The first-order chi connectivity index (χ1) is 12.3. The Morgan fingerprint density at radius 2 is 1.62 bits per heavy atom. The summed E-state index contributed by atoms with van der Waals surface area (Å²) in [5, 5.41) is 1.79. The Labute approximate surface area is 154 Å². The standard InChI is InChI=1S/C21H23NO3S/c1-14-5-10-21(15(2)11-14)16(3)22-26(23,24)20-9-7-17-12-19(25-4)8-6-18(17)13-20/h5-13,16,22H,1-4H3/t16-/m0/s1. The molecule has 136 valence electrons. The van der Waals surface area contributed by atoms with E-state index >= 15 is 0 Å². The van der Waals surface area contributed by atoms with Crippen LogP contribution in [0.3, 0.4) is 0 Å². The molecule has 4 nitrogen and oxygen atoms in total. The lowest BCUT2D eigenvalue weighted by Crippen LogP contribution is -2.27. The Bertz CT molecular complexity index is 1060. The third-order valence-corrected chi connectivity index (χ3v) is 6.09. The van der Waals surface area contributed by atoms with E-state index in [9.17, 15) is 8.42 Å². The van der Waals surface area contributed by atoms with Crippen LogP contribution >= 0.6 is 0 Å². The van der Waals surface area contributed by atoms with Crippen molar-refractivity contribution < 1.29 is 13.2 Å². The first-order valence-electron chi connectivity index (χ1n) is 8.47. The van der Waals surface area contributed by atoms with Gasteiger partial charge in [-0.25, -0.2) is 13.1 Å². The van der Waals surface area contributed by atoms with E-state index in [4.69, 9.17) is 4.74 Å². The van der Waals surface area contributed by atoms with Gasteiger partial charge in [-0.05, 0) is 66.9 Å². The van der Waals surface area contributed by atoms with Crippen molar-refractivity contribution in [2.45, 2.75) is 31.7 Å². The zero-order chi connectivity index (χ0) is 18.9. The van der Waals surface area contributed by atoms with Crippen LogP contribution in [0.1, 0.15) is 29.7 Å². The Morgan fingerprint density at radius 3 is 2.31 bits per heavy atom. The molecule has 3 rings (SSSR count). The summed E-state index contributed by atoms with van der Waals surface area (Å²) in [6, 6.07) is 16.4. The molecule has 0 aromatic heterocycles. The number of nitrogens with one attached hydrogen (secondary N) is 1. The molecule has 1 N–H and O–H groups in total. The molecule has 0 aliphatic rings. The van der Waals surface area contributed by atoms with Crippen LogP contribution in [-0.4, -0.2) is 15.5 Å². The first kappa shape index (κ1) is 18.4. The SMILES string of the molecule is COc1ccc2cc(S(=O)(=O)N[C@@H](C)c3ccc(C)cc3C)ccc2c1. The second-order valence-corrected chi connectivity index (χ2v) is 8.29. The highest BCUT2D eigenvalue weighted by Gasteiger charge is 2.19. The fourth-order valence-electron chi connectivity index (χ4n) is 3.17. The molecule has 0 amide bonds. The van der Waals surface area contributed by atoms with Crippen molar-refractivity contribution in [3.05, 3.63) is 71.3 Å². The fourth-order valence-corrected chi connectivity index (χ4v) is 4.43. The molecule has 0 spiro atoms. The van der Waals surface area contributed by atoms with Crippen LogP contribution in [0.4, 0.5) is 0 Å². The van der Waals surface area contributed by atoms with Gasteiger partial charge in [-0.15, -0.1) is 0 Å². The predicted molar refractivity (Wildman–Crippen MR) is 105 cm³/mol. The molecule has 5 heteroatoms. The van der Waals surface area contributed by atoms with Crippen molar-refractivity contribution in [2.75, 3.05) is 7.11 Å². The maximum atomic E-state index is 12.8. The average molecular weight is 369 g/mol. The van der Waals surface area contributed by atoms with Crippen molar-refractivity contribution in [2.24, 2.45) is 0 Å². The van der Waals surface area contributed by atoms with E-state index < -0.39 is 10.0 Å². The second kappa shape index (κ2) is 7.09. The van der Waals surface area contributed by atoms with Crippen molar-refractivity contribution in [1.29, 1.82) is 0 Å². The largest absolute Gasteiger partial charge is 0.497 e. The highest BCUT2D eigenvalue weighted by atomic mass is 32.2. The number of fused-ring (bicyclic) bond motifs is 1. The summed E-state index contributed by atoms with van der Waals surface area (Å²) >= 11 is 0. The van der Waals surface area contributed by atoms with E-state index in [1.54, 1.807) is 25.3 Å². The number of sulfonamides is 1. The van der Waals surface area contributed by atoms with Crippen LogP contribution in [0.25, 0.3) is 10.8 Å². The van der Waals surface area contributed by atoms with E-state index in [0.29, 0.717) is 0 Å². The molecule has 0 unspecified atom stereocenters. The molecular formula is C21H23NO3S. The maximum Gasteiger partial charge on any atom is 0.241 e. The van der Waals surface area contributed by atoms with Crippen molar-refractivity contribution in [1.82, 2.24) is 4.72 Å². The maximum absolute atomic E-state index is 12.8. The number of ether oxygens (including phenoxy) is 1. The van der Waals surface area contributed by atoms with Gasteiger partial charge in [0.25, 0.3) is 0 Å². The van der Waals surface area contributed by atoms with E-state index in [0.717, 1.165) is 33.2 Å². The topological polar surface area (TPSA) is 55.4 Å². The van der Waals surface area contributed by atoms with E-state index in [-0.39, 0.29) is 10.9 Å². The van der Waals surface area contributed by atoms with E-state index in [1.165, 1.54) is 0 Å². The number of hydrogen-bond donors (Lipinski definition) is 1. The molecule has 0 saturated carbocycles. The van der Waals surface area contributed by atoms with Gasteiger partial charge >= 0.3 is 0 Å². The van der Waals surface area contributed by atoms with Crippen LogP contribution in [0.15, 0.2) is 59.5 Å². The Balaban J connectivity index is 1.91. The summed E-state index contributed by atoms with van der Waals surface area (Å²) in [6.07, 6.45) is 0. The normalized spacial score (nSPS) is 12.9. The van der Waals surface area contributed by atoms with E-state index in [1.807, 2.05) is 51.1 Å². The average Bonchev–Trinajstić information content (AvgIpc) is 2.60. The zero-order valence-corrected chi connectivity index (χ0v) is 16.2. The molecule has 0 radical (unpaired) electrons. The van der Waals surface area contributed by atoms with E-state index in [2.05, 4.69) is 10.8 Å². The van der Waals surface area contributed by atoms with Gasteiger partial charge in [0.2, 0.25) is 10.0 Å². The van der Waals surface area contributed by atoms with Crippen LogP contribution < -0.4 is 9.46 Å². The van der Waals surface area contributed by atoms with Crippen molar-refractivity contribution in [3.8, 4) is 5.75 Å². The van der Waals surface area contributed by atoms with Gasteiger partial charge in [-0.1, -0.05) is 35.9 Å². The number of methoxy groups -OCH3 is 1. The quantitative estimate of drug-likeness (QED) is 0.720. The Kier molecular flexibility index (Phi) is 5.03. The molecule has 26 heavy (non-hydrogen) atoms. The lowest BCUT2D eigenvalue weighted by molar-refractivity contribution is 0.415. The van der Waals surface area contributed by atoms with Crippen molar-refractivity contribution in [3.63, 3.8) is 0 Å². The Morgan fingerprint density at radius 1 is 0.923 bits per heavy atom. The van der Waals surface area contributed by atoms with Crippen LogP contribution in [0.5, 0.6) is 5.75 Å². The zero-order valence-electron chi connectivity index (χ0n) is 15.4. The molecule has 3 aromatic rings. The van der Waals surface area contributed by atoms with Gasteiger partial charge in [0, 0.05) is 6.04 Å². The molecule has 0 saturated heterocycles. The molecule has 0 aliphatic heterocycles. The third-order valence-electron chi connectivity index (χ3n) is 4.55. The van der Waals surface area contributed by atoms with Gasteiger partial charge in [0.1, 0.15) is 5.75 Å². The first-order valence-corrected chi connectivity index (χ1v) is 9.96. The number of benzene rings is 3. The van der Waals surface area contributed by atoms with Crippen molar-refractivity contribution >= 4 is 20.8 Å². The summed E-state index contributed by atoms with van der Waals surface area (Å²) in [5.74, 6) is 0.745. The second-order valence-electron chi connectivity index (χ2n) is 6.58. The highest BCUT2D eigenvalue weighted by molar-refractivity contribution is 7.89. The van der Waals surface area contributed by atoms with Crippen LogP contribution in [0, 0.1) is 13.8 Å². The van der Waals surface area contributed by atoms with Gasteiger partial charge in [-0.3, -0.25) is 0 Å². The molecule has 0 fully saturated rings. The number of rotatable bonds is 5. The minimum absolute atomic E-state index is 0.256. The van der Waals surface area contributed by atoms with Crippen LogP contribution in [-0.2, 0) is 10.0 Å². The molecule has 0 bridgehead atoms. The number of aryl methyl sites for hydroxylation is 2.